The molecule has 0 saturated carbocycles. The first-order chi connectivity index (χ1) is 62.2. The van der Waals surface area contributed by atoms with Crippen molar-refractivity contribution in [3.8, 4) is 90.6 Å². The number of H-pyrrole nitrogens is 1. The average Bonchev–Trinajstić information content (AvgIpc) is 1.53. The molecule has 629 valence electrons. The topological polar surface area (TPSA) is 161 Å². The molecule has 0 atom stereocenters. The van der Waals surface area contributed by atoms with E-state index < -0.39 is 0 Å². The molecule has 0 fully saturated rings. The molecule has 22 aromatic rings. The van der Waals surface area contributed by atoms with Crippen LogP contribution in [0.1, 0.15) is 94.3 Å². The molecule has 0 unspecified atom stereocenters. The summed E-state index contributed by atoms with van der Waals surface area (Å²) in [6, 6.07) is 121. The van der Waals surface area contributed by atoms with Crippen LogP contribution in [0.15, 0.2) is 352 Å². The fourth-order valence-corrected chi connectivity index (χ4v) is 19.4. The van der Waals surface area contributed by atoms with Crippen LogP contribution in [0.4, 0.5) is 0 Å². The molecular weight excluding hydrogens is 1770 g/mol. The predicted octanol–water partition coefficient (Wildman–Crippen LogP) is 24.5. The Bertz CT molecular complexity index is 8060. The number of hydrogen-bond donors (Lipinski definition) is 1. The Morgan fingerprint density at radius 3 is 1.62 bits per heavy atom. The van der Waals surface area contributed by atoms with Crippen molar-refractivity contribution in [2.24, 2.45) is 5.92 Å². The minimum atomic E-state index is -0.125. The number of benzene rings is 15. The molecule has 2 aliphatic carbocycles. The van der Waals surface area contributed by atoms with Crippen LogP contribution in [0.3, 0.4) is 0 Å². The van der Waals surface area contributed by atoms with E-state index >= 15 is 0 Å². The Hall–Kier alpha value is -14.4. The van der Waals surface area contributed by atoms with E-state index in [0.29, 0.717) is 34.9 Å². The summed E-state index contributed by atoms with van der Waals surface area (Å²) in [5, 5.41) is 32.6. The first-order valence-electron chi connectivity index (χ1n) is 43.7. The van der Waals surface area contributed by atoms with Gasteiger partial charge < -0.3 is 14.6 Å². The number of pyridine rings is 2. The van der Waals surface area contributed by atoms with Crippen LogP contribution in [0, 0.1) is 25.8 Å². The van der Waals surface area contributed by atoms with Gasteiger partial charge in [0.1, 0.15) is 0 Å². The summed E-state index contributed by atoms with van der Waals surface area (Å²) in [5.41, 5.74) is 29.7. The third kappa shape index (κ3) is 15.8. The zero-order valence-electron chi connectivity index (χ0n) is 74.4. The maximum Gasteiger partial charge on any atom is 1.00 e. The minimum Gasteiger partial charge on any atom is -0.868 e. The zero-order chi connectivity index (χ0) is 87.8. The van der Waals surface area contributed by atoms with Crippen molar-refractivity contribution >= 4 is 109 Å². The minimum absolute atomic E-state index is 0. The molecule has 0 saturated heterocycles. The second-order valence-corrected chi connectivity index (χ2v) is 35.1. The molecule has 15 aromatic carbocycles. The van der Waals surface area contributed by atoms with Crippen LogP contribution in [-0.2, 0) is 42.2 Å². The number of aromatic amines is 1. The fraction of sp³-hybridized carbons (Fsp3) is 0.121. The van der Waals surface area contributed by atoms with E-state index in [0.717, 1.165) is 89.4 Å². The molecular formula is C116H92IrLiN9O3. The summed E-state index contributed by atoms with van der Waals surface area (Å²) in [6.07, 6.45) is 4.01. The van der Waals surface area contributed by atoms with Gasteiger partial charge in [0.15, 0.2) is 29.5 Å². The molecule has 0 aliphatic heterocycles. The number of carbonyl (C=O) groups excluding carboxylic acids is 1. The maximum atomic E-state index is 11.1. The quantitative estimate of drug-likeness (QED) is 0.0642. The smallest absolute Gasteiger partial charge is 0.868 e. The summed E-state index contributed by atoms with van der Waals surface area (Å²) < 4.78 is 4.72. The van der Waals surface area contributed by atoms with Crippen LogP contribution in [0.5, 0.6) is 5.75 Å². The summed E-state index contributed by atoms with van der Waals surface area (Å²) in [4.78, 5) is 43.7. The summed E-state index contributed by atoms with van der Waals surface area (Å²) in [6.45, 7) is 20.8. The maximum absolute atomic E-state index is 11.1. The van der Waals surface area contributed by atoms with Gasteiger partial charge in [-0.2, -0.15) is 0 Å². The third-order valence-corrected chi connectivity index (χ3v) is 25.1. The molecule has 1 radical (unpaired) electrons. The van der Waals surface area contributed by atoms with Gasteiger partial charge in [-0.25, -0.2) is 29.9 Å². The number of ketones is 1. The number of fused-ring (bicyclic) bond motifs is 15. The Kier molecular flexibility index (Phi) is 23.5. The fourth-order valence-electron chi connectivity index (χ4n) is 19.4. The number of allylic oxidation sites excluding steroid dienone is 2. The van der Waals surface area contributed by atoms with Gasteiger partial charge in [-0.3, -0.25) is 14.3 Å². The number of aromatic nitrogens is 9. The van der Waals surface area contributed by atoms with Crippen LogP contribution < -0.4 is 29.0 Å². The number of aliphatic hydroxyl groups excluding tert-OH is 1. The molecule has 12 nitrogen and oxygen atoms in total. The Morgan fingerprint density at radius 1 is 0.446 bits per heavy atom. The molecule has 130 heavy (non-hydrogen) atoms. The molecule has 24 rings (SSSR count). The largest absolute Gasteiger partial charge is 1.00 e. The van der Waals surface area contributed by atoms with Crippen molar-refractivity contribution in [3.05, 3.63) is 397 Å². The second-order valence-electron chi connectivity index (χ2n) is 35.1. The number of nitrogens with one attached hydrogen (secondary N) is 1. The van der Waals surface area contributed by atoms with E-state index in [1.54, 1.807) is 18.3 Å². The van der Waals surface area contributed by atoms with Crippen LogP contribution >= 0.6 is 0 Å². The summed E-state index contributed by atoms with van der Waals surface area (Å²) >= 11 is 0. The predicted molar refractivity (Wildman–Crippen MR) is 524 cm³/mol. The number of hydrogen-bond acceptors (Lipinski definition) is 9. The van der Waals surface area contributed by atoms with E-state index in [1.807, 2.05) is 30.3 Å². The first-order valence-corrected chi connectivity index (χ1v) is 43.7. The van der Waals surface area contributed by atoms with E-state index in [-0.39, 0.29) is 67.1 Å². The van der Waals surface area contributed by atoms with Crippen molar-refractivity contribution in [1.82, 2.24) is 38.9 Å². The zero-order valence-corrected chi connectivity index (χ0v) is 76.8. The normalized spacial score (nSPS) is 12.6. The van der Waals surface area contributed by atoms with Gasteiger partial charge in [0, 0.05) is 108 Å². The SMILES string of the molecule is CC(=O)C=C(C)O.CC1(C)c2ccccc2-c2ccc(-c3nc(-c4ccc5c(c4)C(C)(C)c4ccccc4-5)nc(-c4ccc5ccccc5c4)n3)cc21.Cc1[c-]c(-c2ccc3c(CC(C)C)cccc3n2)cc(C)c1.[Ir].[Li+].[O-]c1cccc2ccc[nH+]c12.c1ccc(-c2nc(-n3c4cccc5c6cccc7c8ccccc8n(c8cccc3c8c54)c67)nc3ccccc23)cc1. The number of rotatable bonds is 9. The van der Waals surface area contributed by atoms with Gasteiger partial charge in [-0.15, -0.1) is 34.9 Å². The van der Waals surface area contributed by atoms with Gasteiger partial charge >= 0.3 is 18.9 Å². The number of aliphatic hydroxyl groups is 1. The number of para-hydroxylation sites is 4. The molecule has 0 spiro atoms. The van der Waals surface area contributed by atoms with Crippen LogP contribution in [0.2, 0.25) is 0 Å². The van der Waals surface area contributed by atoms with Crippen molar-refractivity contribution in [2.45, 2.75) is 86.5 Å². The third-order valence-electron chi connectivity index (χ3n) is 25.1. The molecule has 2 aliphatic rings. The van der Waals surface area contributed by atoms with Gasteiger partial charge in [-0.1, -0.05) is 304 Å². The van der Waals surface area contributed by atoms with E-state index in [4.69, 9.17) is 35.0 Å². The number of nitrogens with zero attached hydrogens (tertiary/aromatic N) is 8. The first kappa shape index (κ1) is 86.3. The summed E-state index contributed by atoms with van der Waals surface area (Å²) in [7, 11) is 0. The van der Waals surface area contributed by atoms with Crippen molar-refractivity contribution in [1.29, 1.82) is 0 Å². The second kappa shape index (κ2) is 35.3. The standard InChI is InChI=1S/C43H33N3.C38H22N4.C21H22N.C9H7NO.C5H8O2.Ir.Li/c1-42(2)35-15-9-7-13-31(35)33-21-19-29(24-37(33)42)40-44-39(28-18-17-26-11-5-6-12-27(26)23-28)45-41(46-40)30-20-22-34-32-14-8-10-16-36(32)43(3,4)38(34)25-30;1-2-11-23(12-3-1)36-28-14-4-6-18-29(28)39-38(40-36)42-31-20-9-15-25-27-17-8-16-26-24-13-5-7-19-30(24)41(37(26)27)32-21-10-22-33(42)35(32)34(25)31;1-14(2)10-17-6-5-7-21-19(17)8-9-20(22-21)18-12-15(3)11-16(4)13-18;11-8-5-1-3-7-4-2-6-10-9(7)8;1-4(6)3-5(2)7;;/h5-25H,1-4H3;1-22H;5-9,11-12,14H,10H2,1-4H3;1-6,11H;3,6H,1-2H3;;/q;;-1;;;;+1. The Morgan fingerprint density at radius 2 is 0.962 bits per heavy atom. The number of aryl methyl sites for hydroxylation is 2. The molecule has 0 bridgehead atoms. The molecule has 2 N–H and O–H groups in total. The molecule has 14 heteroatoms. The average molecular weight is 1860 g/mol. The van der Waals surface area contributed by atoms with Gasteiger partial charge in [0.2, 0.25) is 11.5 Å². The number of carbonyl (C=O) groups is 1. The van der Waals surface area contributed by atoms with Gasteiger partial charge in [-0.05, 0) is 171 Å². The molecule has 7 heterocycles. The van der Waals surface area contributed by atoms with Crippen molar-refractivity contribution in [3.63, 3.8) is 0 Å². The Labute approximate surface area is 780 Å². The van der Waals surface area contributed by atoms with Crippen molar-refractivity contribution < 1.29 is 59.0 Å². The van der Waals surface area contributed by atoms with E-state index in [2.05, 4.69) is 367 Å². The van der Waals surface area contributed by atoms with E-state index in [9.17, 15) is 9.90 Å². The van der Waals surface area contributed by atoms with E-state index in [1.165, 1.54) is 135 Å². The summed E-state index contributed by atoms with van der Waals surface area (Å²) in [5.74, 6) is 3.36. The monoisotopic (exact) mass is 1860 g/mol. The van der Waals surface area contributed by atoms with Crippen LogP contribution in [-0.4, -0.2) is 49.8 Å². The molecule has 0 amide bonds. The van der Waals surface area contributed by atoms with Crippen LogP contribution in [0.25, 0.3) is 188 Å². The molecule has 7 aromatic heterocycles. The van der Waals surface area contributed by atoms with Gasteiger partial charge in [0.05, 0.1) is 50.1 Å². The Balaban J connectivity index is 0.000000123. The van der Waals surface area contributed by atoms with Gasteiger partial charge in [0.25, 0.3) is 0 Å². The van der Waals surface area contributed by atoms with Crippen molar-refractivity contribution in [2.75, 3.05) is 0 Å².